The summed E-state index contributed by atoms with van der Waals surface area (Å²) < 4.78 is 0. The van der Waals surface area contributed by atoms with Gasteiger partial charge in [0, 0.05) is 25.3 Å². The molecule has 1 N–H and O–H groups in total. The highest BCUT2D eigenvalue weighted by Crippen LogP contribution is 2.36. The standard InChI is InChI=1S/C25H36N2O/c1-5-24(3,4)26-20(2)22-11-13-23(14-12-22)25(28)15-17-27(18-16-25)19-21-9-7-6-8-10-21/h6-11,13,28H,5,12,14-19H2,1-4H3. The normalized spacial score (nSPS) is 21.2. The van der Waals surface area contributed by atoms with E-state index in [-0.39, 0.29) is 5.54 Å². The lowest BCUT2D eigenvalue weighted by Gasteiger charge is -2.40. The summed E-state index contributed by atoms with van der Waals surface area (Å²) in [6.45, 7) is 11.6. The smallest absolute Gasteiger partial charge is 0.0884 e. The maximum atomic E-state index is 11.3. The Balaban J connectivity index is 1.61. The number of likely N-dealkylation sites (tertiary alicyclic amines) is 1. The van der Waals surface area contributed by atoms with E-state index in [0.29, 0.717) is 0 Å². The summed E-state index contributed by atoms with van der Waals surface area (Å²) in [5, 5.41) is 11.3. The summed E-state index contributed by atoms with van der Waals surface area (Å²) in [4.78, 5) is 7.36. The quantitative estimate of drug-likeness (QED) is 0.679. The van der Waals surface area contributed by atoms with Crippen molar-refractivity contribution in [3.8, 4) is 0 Å². The van der Waals surface area contributed by atoms with Gasteiger partial charge >= 0.3 is 0 Å². The number of aliphatic imine (C=N–C) groups is 1. The average Bonchev–Trinajstić information content (AvgIpc) is 2.70. The molecule has 1 aliphatic carbocycles. The number of aliphatic hydroxyl groups is 1. The first-order valence-corrected chi connectivity index (χ1v) is 10.8. The molecule has 2 aliphatic rings. The predicted octanol–water partition coefficient (Wildman–Crippen LogP) is 5.31. The Morgan fingerprint density at radius 1 is 1.11 bits per heavy atom. The molecule has 1 aliphatic heterocycles. The maximum Gasteiger partial charge on any atom is 0.0884 e. The molecule has 0 atom stereocenters. The number of piperidine rings is 1. The second-order valence-electron chi connectivity index (χ2n) is 9.04. The molecule has 3 nitrogen and oxygen atoms in total. The van der Waals surface area contributed by atoms with Crippen molar-refractivity contribution in [1.29, 1.82) is 0 Å². The second-order valence-corrected chi connectivity index (χ2v) is 9.04. The van der Waals surface area contributed by atoms with Crippen molar-refractivity contribution in [3.63, 3.8) is 0 Å². The molecule has 0 saturated carbocycles. The van der Waals surface area contributed by atoms with Crippen LogP contribution in [0.5, 0.6) is 0 Å². The van der Waals surface area contributed by atoms with Crippen LogP contribution >= 0.6 is 0 Å². The van der Waals surface area contributed by atoms with E-state index in [2.05, 4.69) is 75.1 Å². The highest BCUT2D eigenvalue weighted by molar-refractivity contribution is 5.99. The van der Waals surface area contributed by atoms with Gasteiger partial charge in [0.1, 0.15) is 0 Å². The first-order valence-electron chi connectivity index (χ1n) is 10.8. The van der Waals surface area contributed by atoms with E-state index in [1.165, 1.54) is 16.7 Å². The number of benzene rings is 1. The molecule has 3 heteroatoms. The van der Waals surface area contributed by atoms with Gasteiger partial charge in [0.2, 0.25) is 0 Å². The number of hydrogen-bond donors (Lipinski definition) is 1. The third-order valence-electron chi connectivity index (χ3n) is 6.48. The first-order chi connectivity index (χ1) is 13.3. The van der Waals surface area contributed by atoms with Gasteiger partial charge in [-0.25, -0.2) is 0 Å². The largest absolute Gasteiger partial charge is 0.385 e. The molecule has 1 heterocycles. The summed E-state index contributed by atoms with van der Waals surface area (Å²) >= 11 is 0. The van der Waals surface area contributed by atoms with Gasteiger partial charge in [0.05, 0.1) is 11.1 Å². The van der Waals surface area contributed by atoms with Crippen LogP contribution in [0.4, 0.5) is 0 Å². The van der Waals surface area contributed by atoms with E-state index >= 15 is 0 Å². The molecule has 0 unspecified atom stereocenters. The van der Waals surface area contributed by atoms with Crippen LogP contribution in [0.25, 0.3) is 0 Å². The van der Waals surface area contributed by atoms with Crippen molar-refractivity contribution in [3.05, 3.63) is 59.2 Å². The predicted molar refractivity (Wildman–Crippen MR) is 119 cm³/mol. The fourth-order valence-corrected chi connectivity index (χ4v) is 4.18. The minimum atomic E-state index is -0.636. The Morgan fingerprint density at radius 2 is 1.79 bits per heavy atom. The van der Waals surface area contributed by atoms with E-state index in [9.17, 15) is 5.11 Å². The average molecular weight is 381 g/mol. The van der Waals surface area contributed by atoms with Crippen molar-refractivity contribution in [2.75, 3.05) is 13.1 Å². The highest BCUT2D eigenvalue weighted by Gasteiger charge is 2.36. The summed E-state index contributed by atoms with van der Waals surface area (Å²) in [6, 6.07) is 10.6. The van der Waals surface area contributed by atoms with Crippen LogP contribution in [0.1, 0.15) is 65.4 Å². The number of rotatable bonds is 6. The van der Waals surface area contributed by atoms with Gasteiger partial charge in [-0.1, -0.05) is 49.4 Å². The second kappa shape index (κ2) is 8.75. The lowest BCUT2D eigenvalue weighted by molar-refractivity contribution is 0.00461. The number of nitrogens with zero attached hydrogens (tertiary/aromatic N) is 2. The fraction of sp³-hybridized carbons (Fsp3) is 0.560. The lowest BCUT2D eigenvalue weighted by Crippen LogP contribution is -2.45. The molecule has 28 heavy (non-hydrogen) atoms. The number of hydrogen-bond acceptors (Lipinski definition) is 3. The van der Waals surface area contributed by atoms with Crippen molar-refractivity contribution in [1.82, 2.24) is 4.90 Å². The van der Waals surface area contributed by atoms with Crippen LogP contribution in [0.15, 0.2) is 58.6 Å². The van der Waals surface area contributed by atoms with Crippen LogP contribution in [0, 0.1) is 0 Å². The molecule has 0 bridgehead atoms. The summed E-state index contributed by atoms with van der Waals surface area (Å²) in [5.74, 6) is 0. The van der Waals surface area contributed by atoms with Crippen molar-refractivity contribution < 1.29 is 5.11 Å². The molecule has 0 amide bonds. The van der Waals surface area contributed by atoms with Gasteiger partial charge in [-0.05, 0) is 69.6 Å². The van der Waals surface area contributed by atoms with E-state index in [1.54, 1.807) is 0 Å². The number of allylic oxidation sites excluding steroid dienone is 3. The Hall–Kier alpha value is -1.71. The van der Waals surface area contributed by atoms with Crippen LogP contribution in [0.2, 0.25) is 0 Å². The van der Waals surface area contributed by atoms with Gasteiger partial charge in [0.15, 0.2) is 0 Å². The minimum Gasteiger partial charge on any atom is -0.385 e. The third kappa shape index (κ3) is 5.21. The summed E-state index contributed by atoms with van der Waals surface area (Å²) in [6.07, 6.45) is 8.98. The Kier molecular flexibility index (Phi) is 6.57. The van der Waals surface area contributed by atoms with Gasteiger partial charge in [0.25, 0.3) is 0 Å². The highest BCUT2D eigenvalue weighted by atomic mass is 16.3. The zero-order valence-electron chi connectivity index (χ0n) is 18.0. The third-order valence-corrected chi connectivity index (χ3v) is 6.48. The zero-order chi connectivity index (χ0) is 20.2. The van der Waals surface area contributed by atoms with Crippen LogP contribution < -0.4 is 0 Å². The molecule has 1 aromatic carbocycles. The van der Waals surface area contributed by atoms with Gasteiger partial charge in [-0.15, -0.1) is 0 Å². The molecule has 3 rings (SSSR count). The molecule has 0 radical (unpaired) electrons. The minimum absolute atomic E-state index is 0.00129. The Morgan fingerprint density at radius 3 is 2.36 bits per heavy atom. The fourth-order valence-electron chi connectivity index (χ4n) is 4.18. The maximum absolute atomic E-state index is 11.3. The van der Waals surface area contributed by atoms with Crippen LogP contribution in [-0.2, 0) is 6.54 Å². The summed E-state index contributed by atoms with van der Waals surface area (Å²) in [5.41, 5.74) is 4.38. The van der Waals surface area contributed by atoms with Crippen LogP contribution in [0.3, 0.4) is 0 Å². The van der Waals surface area contributed by atoms with Crippen LogP contribution in [-0.4, -0.2) is 39.9 Å². The van der Waals surface area contributed by atoms with Crippen molar-refractivity contribution >= 4 is 5.71 Å². The van der Waals surface area contributed by atoms with E-state index < -0.39 is 5.60 Å². The van der Waals surface area contributed by atoms with Gasteiger partial charge in [-0.3, -0.25) is 9.89 Å². The monoisotopic (exact) mass is 380 g/mol. The summed E-state index contributed by atoms with van der Waals surface area (Å²) in [7, 11) is 0. The van der Waals surface area contributed by atoms with E-state index in [1.807, 2.05) is 0 Å². The molecule has 1 saturated heterocycles. The van der Waals surface area contributed by atoms with Gasteiger partial charge in [-0.2, -0.15) is 0 Å². The molecule has 0 spiro atoms. The molecule has 152 valence electrons. The topological polar surface area (TPSA) is 35.8 Å². The molecular formula is C25H36N2O. The molecule has 1 aromatic rings. The van der Waals surface area contributed by atoms with Crippen molar-refractivity contribution in [2.45, 2.75) is 77.5 Å². The van der Waals surface area contributed by atoms with E-state index in [0.717, 1.165) is 57.5 Å². The SMILES string of the molecule is CCC(C)(C)N=C(C)C1=CC=C(C2(O)CCN(Cc3ccccc3)CC2)CC1. The molecule has 1 fully saturated rings. The first kappa shape index (κ1) is 21.0. The Labute approximate surface area is 170 Å². The Bertz CT molecular complexity index is 750. The van der Waals surface area contributed by atoms with Crippen molar-refractivity contribution in [2.24, 2.45) is 4.99 Å². The zero-order valence-corrected chi connectivity index (χ0v) is 18.0. The van der Waals surface area contributed by atoms with Gasteiger partial charge < -0.3 is 5.11 Å². The lowest BCUT2D eigenvalue weighted by atomic mass is 9.79. The molecular weight excluding hydrogens is 344 g/mol. The van der Waals surface area contributed by atoms with E-state index in [4.69, 9.17) is 4.99 Å². The molecule has 0 aromatic heterocycles.